The van der Waals surface area contributed by atoms with Crippen LogP contribution >= 0.6 is 0 Å². The quantitative estimate of drug-likeness (QED) is 0.572. The number of aromatic nitrogens is 1. The summed E-state index contributed by atoms with van der Waals surface area (Å²) < 4.78 is 0. The number of hydrogen-bond donors (Lipinski definition) is 2. The van der Waals surface area contributed by atoms with Gasteiger partial charge in [-0.2, -0.15) is 0 Å². The maximum atomic E-state index is 11.4. The Hall–Kier alpha value is -3.20. The Morgan fingerprint density at radius 1 is 1.10 bits per heavy atom. The van der Waals surface area contributed by atoms with Crippen molar-refractivity contribution < 1.29 is 9.72 Å². The zero-order valence-corrected chi connectivity index (χ0v) is 18.4. The molecule has 166 valence electrons. The van der Waals surface area contributed by atoms with Crippen LogP contribution in [0.2, 0.25) is 0 Å². The smallest absolute Gasteiger partial charge is 0.311 e. The SMILES string of the molecule is CN1CCN(c2ccc([N+](=O)[O-])c(Nc3ccc4c(c3)CCC4)n2)CC1.CNC(C)=O. The lowest BCUT2D eigenvalue weighted by Crippen LogP contribution is -2.44. The van der Waals surface area contributed by atoms with Gasteiger partial charge in [0.25, 0.3) is 0 Å². The number of benzene rings is 1. The summed E-state index contributed by atoms with van der Waals surface area (Å²) in [5.41, 5.74) is 3.57. The van der Waals surface area contributed by atoms with Crippen molar-refractivity contribution >= 4 is 28.9 Å². The summed E-state index contributed by atoms with van der Waals surface area (Å²) in [5.74, 6) is 1.10. The minimum absolute atomic E-state index is 0.00313. The average molecular weight is 427 g/mol. The first-order valence-electron chi connectivity index (χ1n) is 10.5. The molecule has 4 rings (SSSR count). The highest BCUT2D eigenvalue weighted by Crippen LogP contribution is 2.31. The van der Waals surface area contributed by atoms with Crippen LogP contribution in [0.25, 0.3) is 0 Å². The van der Waals surface area contributed by atoms with Crippen LogP contribution in [0.3, 0.4) is 0 Å². The molecule has 1 aliphatic carbocycles. The lowest BCUT2D eigenvalue weighted by atomic mass is 10.1. The molecule has 1 aromatic carbocycles. The summed E-state index contributed by atoms with van der Waals surface area (Å²) in [5, 5.41) is 17.0. The number of aryl methyl sites for hydroxylation is 2. The summed E-state index contributed by atoms with van der Waals surface area (Å²) in [6, 6.07) is 9.49. The van der Waals surface area contributed by atoms with Crippen molar-refractivity contribution in [2.75, 3.05) is 50.5 Å². The number of carbonyl (C=O) groups excluding carboxylic acids is 1. The minimum Gasteiger partial charge on any atom is -0.359 e. The topological polar surface area (TPSA) is 104 Å². The van der Waals surface area contributed by atoms with Crippen LogP contribution in [-0.4, -0.2) is 61.0 Å². The van der Waals surface area contributed by atoms with E-state index in [1.165, 1.54) is 24.5 Å². The van der Waals surface area contributed by atoms with Crippen LogP contribution in [0.1, 0.15) is 24.5 Å². The van der Waals surface area contributed by atoms with Crippen LogP contribution in [0, 0.1) is 10.1 Å². The number of nitrogens with one attached hydrogen (secondary N) is 2. The largest absolute Gasteiger partial charge is 0.359 e. The zero-order valence-electron chi connectivity index (χ0n) is 18.4. The molecule has 0 saturated carbocycles. The number of fused-ring (bicyclic) bond motifs is 1. The molecule has 2 heterocycles. The fourth-order valence-electron chi connectivity index (χ4n) is 3.68. The molecule has 2 aromatic rings. The number of piperazine rings is 1. The molecule has 2 N–H and O–H groups in total. The summed E-state index contributed by atoms with van der Waals surface area (Å²) in [7, 11) is 3.70. The molecule has 0 radical (unpaired) electrons. The number of pyridine rings is 1. The monoisotopic (exact) mass is 426 g/mol. The second-order valence-corrected chi connectivity index (χ2v) is 7.85. The van der Waals surface area contributed by atoms with E-state index in [4.69, 9.17) is 0 Å². The number of nitrogens with zero attached hydrogens (tertiary/aromatic N) is 4. The maximum absolute atomic E-state index is 11.4. The van der Waals surface area contributed by atoms with Gasteiger partial charge in [-0.3, -0.25) is 14.9 Å². The molecule has 0 atom stereocenters. The van der Waals surface area contributed by atoms with Gasteiger partial charge in [-0.25, -0.2) is 4.98 Å². The lowest BCUT2D eigenvalue weighted by molar-refractivity contribution is -0.384. The summed E-state index contributed by atoms with van der Waals surface area (Å²) in [4.78, 5) is 29.8. The van der Waals surface area contributed by atoms with E-state index >= 15 is 0 Å². The van der Waals surface area contributed by atoms with Crippen LogP contribution < -0.4 is 15.5 Å². The number of rotatable bonds is 4. The van der Waals surface area contributed by atoms with E-state index in [2.05, 4.69) is 44.6 Å². The number of hydrogen-bond acceptors (Lipinski definition) is 7. The number of nitro groups is 1. The molecular weight excluding hydrogens is 396 g/mol. The maximum Gasteiger partial charge on any atom is 0.311 e. The van der Waals surface area contributed by atoms with Crippen LogP contribution in [-0.2, 0) is 17.6 Å². The highest BCUT2D eigenvalue weighted by molar-refractivity contribution is 5.72. The Balaban J connectivity index is 0.000000491. The third kappa shape index (κ3) is 5.91. The standard InChI is InChI=1S/C19H23N5O2.C3H7NO/c1-22-9-11-23(12-10-22)18-8-7-17(24(25)26)19(21-18)20-16-6-5-14-3-2-4-15(14)13-16;1-3(5)4-2/h5-8,13H,2-4,9-12H2,1H3,(H,20,21);1-2H3,(H,4,5). The first kappa shape index (κ1) is 22.5. The lowest BCUT2D eigenvalue weighted by Gasteiger charge is -2.33. The van der Waals surface area contributed by atoms with E-state index in [0.717, 1.165) is 50.5 Å². The summed E-state index contributed by atoms with van der Waals surface area (Å²) in [6.07, 6.45) is 3.37. The van der Waals surface area contributed by atoms with Crippen LogP contribution in [0.5, 0.6) is 0 Å². The summed E-state index contributed by atoms with van der Waals surface area (Å²) >= 11 is 0. The van der Waals surface area contributed by atoms with Gasteiger partial charge in [-0.05, 0) is 55.6 Å². The van der Waals surface area contributed by atoms with E-state index in [9.17, 15) is 14.9 Å². The third-order valence-corrected chi connectivity index (χ3v) is 5.60. The normalized spacial score (nSPS) is 15.5. The Morgan fingerprint density at radius 2 is 1.77 bits per heavy atom. The molecule has 2 aliphatic rings. The number of anilines is 3. The van der Waals surface area contributed by atoms with Gasteiger partial charge in [0.05, 0.1) is 4.92 Å². The molecule has 31 heavy (non-hydrogen) atoms. The van der Waals surface area contributed by atoms with E-state index in [-0.39, 0.29) is 16.5 Å². The predicted molar refractivity (Wildman–Crippen MR) is 122 cm³/mol. The fraction of sp³-hybridized carbons (Fsp3) is 0.455. The van der Waals surface area contributed by atoms with Gasteiger partial charge in [0.2, 0.25) is 11.7 Å². The van der Waals surface area contributed by atoms with Crippen molar-refractivity contribution in [3.05, 3.63) is 51.6 Å². The van der Waals surface area contributed by atoms with Crippen LogP contribution in [0.15, 0.2) is 30.3 Å². The van der Waals surface area contributed by atoms with Gasteiger partial charge in [-0.15, -0.1) is 0 Å². The molecule has 1 amide bonds. The van der Waals surface area contributed by atoms with Crippen molar-refractivity contribution in [2.24, 2.45) is 0 Å². The molecule has 1 fully saturated rings. The Bertz CT molecular complexity index is 941. The molecule has 9 nitrogen and oxygen atoms in total. The van der Waals surface area contributed by atoms with Gasteiger partial charge in [0.1, 0.15) is 5.82 Å². The molecule has 1 aliphatic heterocycles. The van der Waals surface area contributed by atoms with Crippen molar-refractivity contribution in [1.29, 1.82) is 0 Å². The number of amides is 1. The van der Waals surface area contributed by atoms with Crippen LogP contribution in [0.4, 0.5) is 23.0 Å². The van der Waals surface area contributed by atoms with Gasteiger partial charge in [-0.1, -0.05) is 6.07 Å². The van der Waals surface area contributed by atoms with Gasteiger partial charge >= 0.3 is 5.69 Å². The molecule has 1 saturated heterocycles. The Morgan fingerprint density at radius 3 is 2.42 bits per heavy atom. The van der Waals surface area contributed by atoms with Crippen molar-refractivity contribution in [1.82, 2.24) is 15.2 Å². The number of carbonyl (C=O) groups is 1. The molecule has 0 spiro atoms. The molecule has 0 bridgehead atoms. The van der Waals surface area contributed by atoms with Crippen molar-refractivity contribution in [2.45, 2.75) is 26.2 Å². The third-order valence-electron chi connectivity index (χ3n) is 5.60. The Kier molecular flexibility index (Phi) is 7.41. The molecular formula is C22H30N6O3. The predicted octanol–water partition coefficient (Wildman–Crippen LogP) is 2.73. The van der Waals surface area contributed by atoms with E-state index in [0.29, 0.717) is 5.82 Å². The van der Waals surface area contributed by atoms with E-state index < -0.39 is 0 Å². The molecule has 9 heteroatoms. The highest BCUT2D eigenvalue weighted by Gasteiger charge is 2.21. The minimum atomic E-state index is -0.379. The Labute approximate surface area is 182 Å². The highest BCUT2D eigenvalue weighted by atomic mass is 16.6. The molecule has 0 unspecified atom stereocenters. The summed E-state index contributed by atoms with van der Waals surface area (Å²) in [6.45, 7) is 5.15. The second-order valence-electron chi connectivity index (χ2n) is 7.85. The van der Waals surface area contributed by atoms with Crippen molar-refractivity contribution in [3.8, 4) is 0 Å². The number of likely N-dealkylation sites (N-methyl/N-ethyl adjacent to an activating group) is 1. The van der Waals surface area contributed by atoms with E-state index in [1.54, 1.807) is 19.2 Å². The van der Waals surface area contributed by atoms with E-state index in [1.807, 2.05) is 6.07 Å². The van der Waals surface area contributed by atoms with Crippen molar-refractivity contribution in [3.63, 3.8) is 0 Å². The van der Waals surface area contributed by atoms with Gasteiger partial charge < -0.3 is 20.4 Å². The molecule has 1 aromatic heterocycles. The second kappa shape index (κ2) is 10.2. The van der Waals surface area contributed by atoms with Gasteiger partial charge in [0.15, 0.2) is 0 Å². The average Bonchev–Trinajstić information content (AvgIpc) is 3.22. The first-order chi connectivity index (χ1) is 14.9. The zero-order chi connectivity index (χ0) is 22.4. The fourth-order valence-corrected chi connectivity index (χ4v) is 3.68. The van der Waals surface area contributed by atoms with Gasteiger partial charge in [0, 0.05) is 51.9 Å². The first-order valence-corrected chi connectivity index (χ1v) is 10.5.